The third-order valence-electron chi connectivity index (χ3n) is 1.85. The molecule has 0 unspecified atom stereocenters. The SMILES string of the molecule is C[Se]c1ccccc1/C=C(\C)C(=O)O. The molecule has 0 aliphatic rings. The average molecular weight is 255 g/mol. The fourth-order valence-electron chi connectivity index (χ4n) is 1.08. The first-order valence-electron chi connectivity index (χ1n) is 4.19. The molecule has 0 fully saturated rings. The predicted molar refractivity (Wildman–Crippen MR) is 59.0 cm³/mol. The molecule has 2 nitrogen and oxygen atoms in total. The van der Waals surface area contributed by atoms with Gasteiger partial charge in [-0.2, -0.15) is 0 Å². The standard InChI is InChI=1S/C11H12O2Se/c1-8(11(12)13)7-9-5-3-4-6-10(9)14-2/h3-7H,1-2H3,(H,12,13)/b8-7+. The number of carbonyl (C=O) groups is 1. The van der Waals surface area contributed by atoms with Crippen LogP contribution in [0.2, 0.25) is 5.82 Å². The van der Waals surface area contributed by atoms with Gasteiger partial charge >= 0.3 is 89.5 Å². The van der Waals surface area contributed by atoms with Gasteiger partial charge in [-0.25, -0.2) is 0 Å². The monoisotopic (exact) mass is 256 g/mol. The fraction of sp³-hybridized carbons (Fsp3) is 0.182. The topological polar surface area (TPSA) is 37.3 Å². The van der Waals surface area contributed by atoms with Gasteiger partial charge in [-0.05, 0) is 0 Å². The molecular formula is C11H12O2Se. The summed E-state index contributed by atoms with van der Waals surface area (Å²) in [7, 11) is 0. The quantitative estimate of drug-likeness (QED) is 0.657. The Morgan fingerprint density at radius 1 is 1.43 bits per heavy atom. The van der Waals surface area contributed by atoms with Crippen molar-refractivity contribution in [3.05, 3.63) is 35.4 Å². The summed E-state index contributed by atoms with van der Waals surface area (Å²) in [5.41, 5.74) is 1.40. The van der Waals surface area contributed by atoms with Crippen molar-refractivity contribution in [3.8, 4) is 0 Å². The minimum atomic E-state index is -0.858. The van der Waals surface area contributed by atoms with E-state index in [4.69, 9.17) is 5.11 Å². The fourth-order valence-corrected chi connectivity index (χ4v) is 2.29. The first kappa shape index (κ1) is 11.0. The van der Waals surface area contributed by atoms with E-state index < -0.39 is 5.97 Å². The van der Waals surface area contributed by atoms with Crippen LogP contribution in [0.3, 0.4) is 0 Å². The van der Waals surface area contributed by atoms with Gasteiger partial charge in [0, 0.05) is 0 Å². The second-order valence-electron chi connectivity index (χ2n) is 2.87. The van der Waals surface area contributed by atoms with Gasteiger partial charge in [-0.3, -0.25) is 0 Å². The zero-order valence-corrected chi connectivity index (χ0v) is 9.86. The normalized spacial score (nSPS) is 11.4. The molecule has 0 saturated carbocycles. The van der Waals surface area contributed by atoms with Gasteiger partial charge in [0.15, 0.2) is 0 Å². The Labute approximate surface area is 89.8 Å². The van der Waals surface area contributed by atoms with E-state index >= 15 is 0 Å². The Morgan fingerprint density at radius 2 is 2.07 bits per heavy atom. The molecule has 1 N–H and O–H groups in total. The Morgan fingerprint density at radius 3 is 2.64 bits per heavy atom. The Bertz CT molecular complexity index is 369. The van der Waals surface area contributed by atoms with Crippen LogP contribution in [0, 0.1) is 0 Å². The van der Waals surface area contributed by atoms with E-state index in [-0.39, 0.29) is 0 Å². The molecule has 1 rings (SSSR count). The second kappa shape index (κ2) is 4.99. The number of hydrogen-bond acceptors (Lipinski definition) is 1. The zero-order chi connectivity index (χ0) is 10.6. The summed E-state index contributed by atoms with van der Waals surface area (Å²) in [6.07, 6.45) is 1.73. The van der Waals surface area contributed by atoms with Gasteiger partial charge in [0.05, 0.1) is 0 Å². The molecule has 0 aliphatic carbocycles. The minimum absolute atomic E-state index is 0.377. The summed E-state index contributed by atoms with van der Waals surface area (Å²) >= 11 is 0.395. The maximum atomic E-state index is 10.6. The van der Waals surface area contributed by atoms with Crippen LogP contribution in [0.1, 0.15) is 12.5 Å². The molecular weight excluding hydrogens is 243 g/mol. The van der Waals surface area contributed by atoms with Gasteiger partial charge < -0.3 is 0 Å². The van der Waals surface area contributed by atoms with Gasteiger partial charge in [-0.15, -0.1) is 0 Å². The van der Waals surface area contributed by atoms with Crippen LogP contribution in [-0.4, -0.2) is 26.0 Å². The van der Waals surface area contributed by atoms with E-state index in [0.717, 1.165) is 5.56 Å². The maximum absolute atomic E-state index is 10.6. The van der Waals surface area contributed by atoms with E-state index in [2.05, 4.69) is 5.82 Å². The van der Waals surface area contributed by atoms with Crippen molar-refractivity contribution in [2.75, 3.05) is 0 Å². The van der Waals surface area contributed by atoms with Gasteiger partial charge in [-0.1, -0.05) is 0 Å². The molecule has 0 radical (unpaired) electrons. The molecule has 1 aromatic carbocycles. The van der Waals surface area contributed by atoms with Gasteiger partial charge in [0.2, 0.25) is 0 Å². The van der Waals surface area contributed by atoms with E-state index in [1.807, 2.05) is 24.3 Å². The average Bonchev–Trinajstić information content (AvgIpc) is 2.18. The Kier molecular flexibility index (Phi) is 3.93. The van der Waals surface area contributed by atoms with Gasteiger partial charge in [0.25, 0.3) is 0 Å². The molecule has 0 spiro atoms. The van der Waals surface area contributed by atoms with Crippen LogP contribution in [0.4, 0.5) is 0 Å². The molecule has 0 heterocycles. The van der Waals surface area contributed by atoms with Crippen molar-refractivity contribution >= 4 is 31.5 Å². The molecule has 0 saturated heterocycles. The molecule has 1 aromatic rings. The second-order valence-corrected chi connectivity index (χ2v) is 4.65. The molecule has 0 bridgehead atoms. The number of rotatable bonds is 3. The van der Waals surface area contributed by atoms with E-state index in [1.165, 1.54) is 4.46 Å². The third-order valence-corrected chi connectivity index (χ3v) is 3.55. The van der Waals surface area contributed by atoms with Crippen LogP contribution >= 0.6 is 0 Å². The van der Waals surface area contributed by atoms with Crippen LogP contribution in [-0.2, 0) is 4.79 Å². The summed E-state index contributed by atoms with van der Waals surface area (Å²) in [5.74, 6) is 1.26. The summed E-state index contributed by atoms with van der Waals surface area (Å²) in [5, 5.41) is 8.74. The Balaban J connectivity index is 3.07. The van der Waals surface area contributed by atoms with Crippen LogP contribution < -0.4 is 4.46 Å². The number of carboxylic acid groups (broad SMARTS) is 1. The number of benzene rings is 1. The number of aliphatic carboxylic acids is 1. The molecule has 0 aromatic heterocycles. The summed E-state index contributed by atoms with van der Waals surface area (Å²) in [4.78, 5) is 10.6. The molecule has 0 aliphatic heterocycles. The van der Waals surface area contributed by atoms with Crippen molar-refractivity contribution in [1.82, 2.24) is 0 Å². The van der Waals surface area contributed by atoms with Gasteiger partial charge in [0.1, 0.15) is 0 Å². The van der Waals surface area contributed by atoms with E-state index in [0.29, 0.717) is 20.5 Å². The zero-order valence-electron chi connectivity index (χ0n) is 8.15. The number of carboxylic acids is 1. The van der Waals surface area contributed by atoms with E-state index in [9.17, 15) is 4.79 Å². The molecule has 74 valence electrons. The summed E-state index contributed by atoms with van der Waals surface area (Å²) in [6.45, 7) is 1.61. The van der Waals surface area contributed by atoms with Crippen molar-refractivity contribution in [3.63, 3.8) is 0 Å². The van der Waals surface area contributed by atoms with Crippen molar-refractivity contribution in [2.45, 2.75) is 12.7 Å². The summed E-state index contributed by atoms with van der Waals surface area (Å²) < 4.78 is 1.24. The van der Waals surface area contributed by atoms with Crippen molar-refractivity contribution in [1.29, 1.82) is 0 Å². The van der Waals surface area contributed by atoms with Crippen LogP contribution in [0.15, 0.2) is 29.8 Å². The summed E-state index contributed by atoms with van der Waals surface area (Å²) in [6, 6.07) is 7.90. The molecule has 0 atom stereocenters. The number of hydrogen-bond donors (Lipinski definition) is 1. The van der Waals surface area contributed by atoms with E-state index in [1.54, 1.807) is 13.0 Å². The third kappa shape index (κ3) is 2.72. The van der Waals surface area contributed by atoms with Crippen LogP contribution in [0.25, 0.3) is 6.08 Å². The van der Waals surface area contributed by atoms with Crippen molar-refractivity contribution < 1.29 is 9.90 Å². The predicted octanol–water partition coefficient (Wildman–Crippen LogP) is 1.55. The molecule has 14 heavy (non-hydrogen) atoms. The first-order chi connectivity index (χ1) is 6.65. The first-order valence-corrected chi connectivity index (χ1v) is 6.76. The molecule has 0 amide bonds. The van der Waals surface area contributed by atoms with Crippen molar-refractivity contribution in [2.24, 2.45) is 0 Å². The Hall–Kier alpha value is -1.05. The van der Waals surface area contributed by atoms with Crippen LogP contribution in [0.5, 0.6) is 0 Å². The molecule has 3 heteroatoms.